The number of hydrogen-bond acceptors (Lipinski definition) is 3. The normalized spacial score (nSPS) is 13.3. The third kappa shape index (κ3) is 7.20. The van der Waals surface area contributed by atoms with Gasteiger partial charge in [-0.3, -0.25) is 9.59 Å². The summed E-state index contributed by atoms with van der Waals surface area (Å²) in [7, 11) is 0. The van der Waals surface area contributed by atoms with E-state index in [1.807, 2.05) is 0 Å². The molecule has 0 aliphatic heterocycles. The van der Waals surface area contributed by atoms with Gasteiger partial charge in [-0.15, -0.1) is 0 Å². The Morgan fingerprint density at radius 3 is 2.47 bits per heavy atom. The number of carbonyl (C=O) groups is 1. The Labute approximate surface area is 213 Å². The Bertz CT molecular complexity index is 1410. The highest BCUT2D eigenvalue weighted by atomic mass is 19.4. The maximum Gasteiger partial charge on any atom is 0.405 e. The number of aryl methyl sites for hydroxylation is 2. The lowest BCUT2D eigenvalue weighted by Crippen LogP contribution is -2.38. The summed E-state index contributed by atoms with van der Waals surface area (Å²) in [5.74, 6) is -3.59. The molecule has 0 aliphatic rings. The zero-order valence-electron chi connectivity index (χ0n) is 20.4. The molecular formula is C26H24F7N3O2. The molecule has 204 valence electrons. The van der Waals surface area contributed by atoms with Gasteiger partial charge in [0.25, 0.3) is 5.56 Å². The number of carbonyl (C=O) groups excluding carboxylic acids is 1. The molecule has 5 nitrogen and oxygen atoms in total. The first kappa shape index (κ1) is 28.9. The Balaban J connectivity index is 1.88. The smallest absolute Gasteiger partial charge is 0.345 e. The predicted octanol–water partition coefficient (Wildman–Crippen LogP) is 5.83. The molecule has 3 rings (SSSR count). The minimum Gasteiger partial charge on any atom is -0.345 e. The second-order valence-corrected chi connectivity index (χ2v) is 8.79. The van der Waals surface area contributed by atoms with Gasteiger partial charge in [0.15, 0.2) is 0 Å². The molecule has 0 radical (unpaired) electrons. The molecule has 2 aromatic carbocycles. The summed E-state index contributed by atoms with van der Waals surface area (Å²) < 4.78 is 93.6. The van der Waals surface area contributed by atoms with Gasteiger partial charge in [0.1, 0.15) is 18.9 Å². The highest BCUT2D eigenvalue weighted by molar-refractivity contribution is 5.83. The number of nitrogens with one attached hydrogen (secondary N) is 1. The average Bonchev–Trinajstić information content (AvgIpc) is 2.81. The summed E-state index contributed by atoms with van der Waals surface area (Å²) in [4.78, 5) is 24.3. The molecule has 0 aliphatic carbocycles. The Morgan fingerprint density at radius 1 is 1.13 bits per heavy atom. The zero-order valence-corrected chi connectivity index (χ0v) is 20.4. The lowest BCUT2D eigenvalue weighted by molar-refractivity contribution is -0.139. The number of alkyl halides is 6. The van der Waals surface area contributed by atoms with Gasteiger partial charge in [0.2, 0.25) is 5.91 Å². The van der Waals surface area contributed by atoms with Gasteiger partial charge in [-0.2, -0.15) is 31.4 Å². The summed E-state index contributed by atoms with van der Waals surface area (Å²) in [6.07, 6.45) is -5.03. The van der Waals surface area contributed by atoms with Crippen molar-refractivity contribution in [2.24, 2.45) is 0 Å². The molecule has 1 atom stereocenters. The van der Waals surface area contributed by atoms with Crippen LogP contribution in [0, 0.1) is 12.7 Å². The number of amides is 1. The number of fused-ring (bicyclic) bond motifs is 1. The van der Waals surface area contributed by atoms with Gasteiger partial charge in [0, 0.05) is 5.39 Å². The highest BCUT2D eigenvalue weighted by Gasteiger charge is 2.39. The Morgan fingerprint density at radius 2 is 1.84 bits per heavy atom. The Kier molecular flexibility index (Phi) is 8.63. The van der Waals surface area contributed by atoms with Crippen molar-refractivity contribution < 1.29 is 35.5 Å². The van der Waals surface area contributed by atoms with Gasteiger partial charge in [-0.1, -0.05) is 43.7 Å². The largest absolute Gasteiger partial charge is 0.405 e. The Hall–Kier alpha value is -3.70. The van der Waals surface area contributed by atoms with Crippen molar-refractivity contribution in [3.05, 3.63) is 81.0 Å². The van der Waals surface area contributed by atoms with E-state index in [1.54, 1.807) is 12.2 Å². The first-order chi connectivity index (χ1) is 17.7. The van der Waals surface area contributed by atoms with Gasteiger partial charge in [-0.25, -0.2) is 9.07 Å². The molecule has 1 aromatic heterocycles. The molecule has 0 fully saturated rings. The first-order valence-corrected chi connectivity index (χ1v) is 11.6. The second kappa shape index (κ2) is 11.4. The fourth-order valence-corrected chi connectivity index (χ4v) is 3.93. The second-order valence-electron chi connectivity index (χ2n) is 8.79. The van der Waals surface area contributed by atoms with Crippen LogP contribution in [0.2, 0.25) is 0 Å². The van der Waals surface area contributed by atoms with E-state index in [9.17, 15) is 40.3 Å². The number of benzene rings is 2. The lowest BCUT2D eigenvalue weighted by atomic mass is 9.92. The molecule has 0 spiro atoms. The molecule has 1 heterocycles. The lowest BCUT2D eigenvalue weighted by Gasteiger charge is -2.19. The van der Waals surface area contributed by atoms with Crippen molar-refractivity contribution in [1.82, 2.24) is 15.1 Å². The van der Waals surface area contributed by atoms with Crippen molar-refractivity contribution in [3.63, 3.8) is 0 Å². The topological polar surface area (TPSA) is 64.0 Å². The summed E-state index contributed by atoms with van der Waals surface area (Å²) in [5, 5.41) is 5.76. The fourth-order valence-electron chi connectivity index (χ4n) is 3.93. The number of halogens is 7. The van der Waals surface area contributed by atoms with Crippen LogP contribution in [0.1, 0.15) is 41.5 Å². The molecule has 1 amide bonds. The predicted molar refractivity (Wildman–Crippen MR) is 128 cm³/mol. The minimum atomic E-state index is -4.65. The maximum absolute atomic E-state index is 14.3. The molecule has 0 bridgehead atoms. The van der Waals surface area contributed by atoms with Crippen LogP contribution in [-0.4, -0.2) is 34.6 Å². The van der Waals surface area contributed by atoms with Crippen LogP contribution in [0.4, 0.5) is 30.7 Å². The van der Waals surface area contributed by atoms with Crippen molar-refractivity contribution in [2.45, 2.75) is 51.5 Å². The third-order valence-electron chi connectivity index (χ3n) is 5.72. The summed E-state index contributed by atoms with van der Waals surface area (Å²) in [6, 6.07) is 6.54. The summed E-state index contributed by atoms with van der Waals surface area (Å²) >= 11 is 0. The van der Waals surface area contributed by atoms with E-state index in [0.717, 1.165) is 6.08 Å². The van der Waals surface area contributed by atoms with Gasteiger partial charge in [0.05, 0.1) is 17.5 Å². The number of allylic oxidation sites excluding steroid dienone is 1. The molecule has 1 N–H and O–H groups in total. The maximum atomic E-state index is 14.3. The van der Waals surface area contributed by atoms with Gasteiger partial charge >= 0.3 is 12.4 Å². The molecule has 38 heavy (non-hydrogen) atoms. The molecule has 1 unspecified atom stereocenters. The first-order valence-electron chi connectivity index (χ1n) is 11.6. The van der Waals surface area contributed by atoms with Crippen LogP contribution in [-0.2, 0) is 17.8 Å². The van der Waals surface area contributed by atoms with E-state index in [0.29, 0.717) is 23.1 Å². The third-order valence-corrected chi connectivity index (χ3v) is 5.72. The molecule has 0 saturated carbocycles. The van der Waals surface area contributed by atoms with Gasteiger partial charge in [-0.05, 0) is 47.7 Å². The van der Waals surface area contributed by atoms with Crippen LogP contribution >= 0.6 is 0 Å². The molecule has 12 heteroatoms. The quantitative estimate of drug-likeness (QED) is 0.364. The van der Waals surface area contributed by atoms with E-state index in [-0.39, 0.29) is 27.5 Å². The number of nitrogens with zero attached hydrogens (tertiary/aromatic N) is 2. The van der Waals surface area contributed by atoms with Crippen molar-refractivity contribution in [3.8, 4) is 0 Å². The molecular weight excluding hydrogens is 519 g/mol. The minimum absolute atomic E-state index is 0.0755. The van der Waals surface area contributed by atoms with Crippen LogP contribution in [0.5, 0.6) is 0 Å². The standard InChI is InChI=1S/C26H24F7N3O2/c1-3-4-17-11-18(9-15(2)23(17)27)21(26(31,32)33)8-6-16-5-7-20-19(10-16)12-35-36(24(20)38)13-22(37)34-14-25(28,29)30/h5-12,21H,3-4,13-14H2,1-2H3,(H,34,37)/b8-6+. The summed E-state index contributed by atoms with van der Waals surface area (Å²) in [6.45, 7) is 0.921. The summed E-state index contributed by atoms with van der Waals surface area (Å²) in [5.41, 5.74) is -0.191. The number of aromatic nitrogens is 2. The van der Waals surface area contributed by atoms with Crippen molar-refractivity contribution >= 4 is 22.8 Å². The highest BCUT2D eigenvalue weighted by Crippen LogP contribution is 2.38. The van der Waals surface area contributed by atoms with Crippen LogP contribution in [0.3, 0.4) is 0 Å². The van der Waals surface area contributed by atoms with Crippen LogP contribution < -0.4 is 10.9 Å². The molecule has 0 saturated heterocycles. The molecule has 3 aromatic rings. The van der Waals surface area contributed by atoms with E-state index in [1.165, 1.54) is 49.5 Å². The fraction of sp³-hybridized carbons (Fsp3) is 0.346. The van der Waals surface area contributed by atoms with E-state index in [2.05, 4.69) is 5.10 Å². The van der Waals surface area contributed by atoms with E-state index in [4.69, 9.17) is 0 Å². The number of hydrogen-bond donors (Lipinski definition) is 1. The number of rotatable bonds is 8. The average molecular weight is 543 g/mol. The SMILES string of the molecule is CCCc1cc(C(/C=C/c2ccc3c(=O)n(CC(=O)NCC(F)(F)F)ncc3c2)C(F)(F)F)cc(C)c1F. The van der Waals surface area contributed by atoms with E-state index >= 15 is 0 Å². The van der Waals surface area contributed by atoms with E-state index < -0.39 is 48.6 Å². The monoisotopic (exact) mass is 543 g/mol. The van der Waals surface area contributed by atoms with Crippen LogP contribution in [0.15, 0.2) is 47.4 Å². The van der Waals surface area contributed by atoms with Crippen molar-refractivity contribution in [1.29, 1.82) is 0 Å². The zero-order chi connectivity index (χ0) is 28.3. The van der Waals surface area contributed by atoms with Gasteiger partial charge < -0.3 is 5.32 Å². The van der Waals surface area contributed by atoms with Crippen molar-refractivity contribution in [2.75, 3.05) is 6.54 Å². The van der Waals surface area contributed by atoms with Crippen LogP contribution in [0.25, 0.3) is 16.8 Å².